The Hall–Kier alpha value is -1.10. The number of hydrogen-bond donors (Lipinski definition) is 1. The zero-order chi connectivity index (χ0) is 15.6. The van der Waals surface area contributed by atoms with Crippen LogP contribution in [0.3, 0.4) is 0 Å². The van der Waals surface area contributed by atoms with Crippen LogP contribution in [0.4, 0.5) is 4.79 Å². The highest BCUT2D eigenvalue weighted by Gasteiger charge is 2.52. The predicted molar refractivity (Wildman–Crippen MR) is 79.1 cm³/mol. The van der Waals surface area contributed by atoms with Crippen LogP contribution < -0.4 is 5.32 Å². The van der Waals surface area contributed by atoms with Gasteiger partial charge in [0.1, 0.15) is 5.60 Å². The minimum absolute atomic E-state index is 0.203. The van der Waals surface area contributed by atoms with Gasteiger partial charge in [-0.05, 0) is 20.8 Å². The van der Waals surface area contributed by atoms with Gasteiger partial charge in [0.25, 0.3) is 0 Å². The number of fused-ring (bicyclic) bond motifs is 1. The minimum atomic E-state index is -3.49. The Balaban J connectivity index is 2.27. The first-order chi connectivity index (χ1) is 9.77. The molecule has 2 aliphatic rings. The fraction of sp³-hybridized carbons (Fsp3) is 0.643. The summed E-state index contributed by atoms with van der Waals surface area (Å²) in [5.41, 5.74) is -0.631. The number of alkyl carbamates (subject to hydrolysis) is 1. The molecule has 118 valence electrons. The van der Waals surface area contributed by atoms with Gasteiger partial charge < -0.3 is 19.1 Å². The van der Waals surface area contributed by atoms with E-state index >= 15 is 0 Å². The first-order valence-corrected chi connectivity index (χ1v) is 8.51. The fourth-order valence-corrected chi connectivity index (χ4v) is 4.25. The largest absolute Gasteiger partial charge is 0.444 e. The molecule has 0 aromatic carbocycles. The Morgan fingerprint density at radius 2 is 1.67 bits per heavy atom. The number of hydrogen-bond acceptors (Lipinski definition) is 5. The van der Waals surface area contributed by atoms with Gasteiger partial charge in [0.15, 0.2) is 5.28 Å². The maximum atomic E-state index is 13.1. The van der Waals surface area contributed by atoms with Crippen molar-refractivity contribution in [2.75, 3.05) is 13.2 Å². The molecule has 0 aliphatic carbocycles. The molecule has 0 spiro atoms. The number of rotatable bonds is 1. The lowest BCUT2D eigenvalue weighted by atomic mass is 10.1. The molecule has 0 aromatic rings. The second-order valence-electron chi connectivity index (χ2n) is 6.10. The summed E-state index contributed by atoms with van der Waals surface area (Å²) in [6.45, 7) is 5.73. The third-order valence-electron chi connectivity index (χ3n) is 3.18. The third kappa shape index (κ3) is 3.76. The van der Waals surface area contributed by atoms with E-state index in [4.69, 9.17) is 13.8 Å². The standard InChI is InChI=1S/C14H22NO5P/c1-13(2,3)20-12(16)15-14-8-4-6-10-18-21(14,17)19-11-7-5-9-14/h4-7H,8-11H2,1-3H3,(H,15,16). The SMILES string of the molecule is CC(C)(C)OC(=O)NC12CC=CCOP1(=O)OCC=CC2. The lowest BCUT2D eigenvalue weighted by Gasteiger charge is -2.36. The van der Waals surface area contributed by atoms with E-state index in [9.17, 15) is 9.36 Å². The molecule has 1 N–H and O–H groups in total. The van der Waals surface area contributed by atoms with Crippen LogP contribution in [-0.2, 0) is 18.3 Å². The molecule has 0 saturated carbocycles. The summed E-state index contributed by atoms with van der Waals surface area (Å²) in [4.78, 5) is 12.1. The van der Waals surface area contributed by atoms with Crippen LogP contribution in [0.25, 0.3) is 0 Å². The Morgan fingerprint density at radius 3 is 2.14 bits per heavy atom. The van der Waals surface area contributed by atoms with E-state index in [2.05, 4.69) is 5.32 Å². The lowest BCUT2D eigenvalue weighted by Crippen LogP contribution is -2.49. The van der Waals surface area contributed by atoms with Crippen molar-refractivity contribution in [2.45, 2.75) is 44.5 Å². The Bertz CT molecular complexity index is 482. The van der Waals surface area contributed by atoms with Crippen LogP contribution in [0.2, 0.25) is 0 Å². The zero-order valence-electron chi connectivity index (χ0n) is 12.6. The summed E-state index contributed by atoms with van der Waals surface area (Å²) in [5.74, 6) is 0. The molecular formula is C14H22NO5P. The first kappa shape index (κ1) is 16.3. The Morgan fingerprint density at radius 1 is 1.14 bits per heavy atom. The Kier molecular flexibility index (Phi) is 4.61. The molecule has 0 atom stereocenters. The van der Waals surface area contributed by atoms with Gasteiger partial charge in [0.2, 0.25) is 0 Å². The number of nitrogens with one attached hydrogen (secondary N) is 1. The highest BCUT2D eigenvalue weighted by molar-refractivity contribution is 7.55. The summed E-state index contributed by atoms with van der Waals surface area (Å²) in [7, 11) is -3.49. The van der Waals surface area contributed by atoms with Crippen LogP contribution in [0.15, 0.2) is 24.3 Å². The van der Waals surface area contributed by atoms with Crippen molar-refractivity contribution in [2.24, 2.45) is 0 Å². The molecule has 0 aromatic heterocycles. The normalized spacial score (nSPS) is 32.7. The van der Waals surface area contributed by atoms with E-state index in [1.54, 1.807) is 32.9 Å². The lowest BCUT2D eigenvalue weighted by molar-refractivity contribution is 0.0474. The minimum Gasteiger partial charge on any atom is -0.444 e. The van der Waals surface area contributed by atoms with Crippen LogP contribution in [0.1, 0.15) is 33.6 Å². The predicted octanol–water partition coefficient (Wildman–Crippen LogP) is 3.35. The first-order valence-electron chi connectivity index (χ1n) is 6.97. The average Bonchev–Trinajstić information content (AvgIpc) is 2.56. The van der Waals surface area contributed by atoms with Crippen LogP contribution in [-0.4, -0.2) is 30.2 Å². The van der Waals surface area contributed by atoms with Crippen molar-refractivity contribution < 1.29 is 23.1 Å². The average molecular weight is 315 g/mol. The van der Waals surface area contributed by atoms with Gasteiger partial charge in [-0.15, -0.1) is 0 Å². The van der Waals surface area contributed by atoms with Crippen molar-refractivity contribution in [3.63, 3.8) is 0 Å². The van der Waals surface area contributed by atoms with Crippen molar-refractivity contribution >= 4 is 13.7 Å². The van der Waals surface area contributed by atoms with Gasteiger partial charge >= 0.3 is 13.7 Å². The van der Waals surface area contributed by atoms with Crippen LogP contribution >= 0.6 is 7.60 Å². The zero-order valence-corrected chi connectivity index (χ0v) is 13.5. The summed E-state index contributed by atoms with van der Waals surface area (Å²) in [6.07, 6.45) is 7.36. The third-order valence-corrected chi connectivity index (χ3v) is 5.69. The molecule has 2 heterocycles. The molecule has 0 radical (unpaired) electrons. The molecule has 2 aliphatic heterocycles. The monoisotopic (exact) mass is 315 g/mol. The molecular weight excluding hydrogens is 293 g/mol. The van der Waals surface area contributed by atoms with Crippen molar-refractivity contribution in [3.05, 3.63) is 24.3 Å². The number of amides is 1. The number of ether oxygens (including phenoxy) is 1. The van der Waals surface area contributed by atoms with Crippen molar-refractivity contribution in [3.8, 4) is 0 Å². The summed E-state index contributed by atoms with van der Waals surface area (Å²) in [5, 5.41) is 1.62. The quantitative estimate of drug-likeness (QED) is 0.593. The molecule has 7 heteroatoms. The number of carbonyl (C=O) groups is 1. The van der Waals surface area contributed by atoms with Gasteiger partial charge in [-0.1, -0.05) is 24.3 Å². The van der Waals surface area contributed by atoms with E-state index in [1.165, 1.54) is 0 Å². The van der Waals surface area contributed by atoms with E-state index in [0.29, 0.717) is 12.8 Å². The second-order valence-corrected chi connectivity index (χ2v) is 8.47. The molecule has 0 bridgehead atoms. The summed E-state index contributed by atoms with van der Waals surface area (Å²) in [6, 6.07) is 0. The van der Waals surface area contributed by atoms with E-state index in [0.717, 1.165) is 0 Å². The highest BCUT2D eigenvalue weighted by atomic mass is 31.2. The summed E-state index contributed by atoms with van der Waals surface area (Å²) >= 11 is 0. The fourth-order valence-electron chi connectivity index (χ4n) is 2.23. The Labute approximate surface area is 125 Å². The molecule has 0 saturated heterocycles. The highest BCUT2D eigenvalue weighted by Crippen LogP contribution is 2.63. The smallest absolute Gasteiger partial charge is 0.408 e. The molecule has 0 fully saturated rings. The molecule has 21 heavy (non-hydrogen) atoms. The number of carbonyl (C=O) groups excluding carboxylic acids is 1. The summed E-state index contributed by atoms with van der Waals surface area (Å²) < 4.78 is 29.3. The van der Waals surface area contributed by atoms with Gasteiger partial charge in [0, 0.05) is 12.8 Å². The molecule has 0 unspecified atom stereocenters. The molecule has 6 nitrogen and oxygen atoms in total. The molecule has 1 amide bonds. The van der Waals surface area contributed by atoms with Gasteiger partial charge in [-0.25, -0.2) is 4.79 Å². The topological polar surface area (TPSA) is 73.9 Å². The van der Waals surface area contributed by atoms with E-state index in [-0.39, 0.29) is 13.2 Å². The molecule has 2 rings (SSSR count). The maximum Gasteiger partial charge on any atom is 0.408 e. The maximum absolute atomic E-state index is 13.1. The van der Waals surface area contributed by atoms with Crippen LogP contribution in [0, 0.1) is 0 Å². The van der Waals surface area contributed by atoms with Crippen LogP contribution in [0.5, 0.6) is 0 Å². The van der Waals surface area contributed by atoms with E-state index < -0.39 is 24.6 Å². The van der Waals surface area contributed by atoms with Gasteiger partial charge in [-0.2, -0.15) is 0 Å². The van der Waals surface area contributed by atoms with Crippen molar-refractivity contribution in [1.29, 1.82) is 0 Å². The van der Waals surface area contributed by atoms with Crippen molar-refractivity contribution in [1.82, 2.24) is 5.32 Å². The van der Waals surface area contributed by atoms with Gasteiger partial charge in [-0.3, -0.25) is 4.57 Å². The van der Waals surface area contributed by atoms with Gasteiger partial charge in [0.05, 0.1) is 13.2 Å². The van der Waals surface area contributed by atoms with E-state index in [1.807, 2.05) is 12.2 Å². The second kappa shape index (κ2) is 5.95.